The lowest BCUT2D eigenvalue weighted by atomic mass is 9.77. The van der Waals surface area contributed by atoms with Crippen LogP contribution in [0.3, 0.4) is 0 Å². The van der Waals surface area contributed by atoms with Gasteiger partial charge in [0.25, 0.3) is 0 Å². The number of ether oxygens (including phenoxy) is 1. The van der Waals surface area contributed by atoms with E-state index >= 15 is 0 Å². The Hall–Kier alpha value is -0.570. The van der Waals surface area contributed by atoms with E-state index in [9.17, 15) is 4.79 Å². The van der Waals surface area contributed by atoms with E-state index in [2.05, 4.69) is 5.32 Å². The fourth-order valence-corrected chi connectivity index (χ4v) is 3.31. The van der Waals surface area contributed by atoms with Crippen molar-refractivity contribution in [3.8, 4) is 0 Å². The molecule has 0 unspecified atom stereocenters. The highest BCUT2D eigenvalue weighted by Gasteiger charge is 2.37. The van der Waals surface area contributed by atoms with Crippen LogP contribution in [0.5, 0.6) is 0 Å². The van der Waals surface area contributed by atoms with Crippen LogP contribution in [0.1, 0.15) is 39.0 Å². The van der Waals surface area contributed by atoms with Crippen LogP contribution in [-0.2, 0) is 9.53 Å². The number of nitrogens with one attached hydrogen (secondary N) is 1. The van der Waals surface area contributed by atoms with Crippen LogP contribution in [0.15, 0.2) is 0 Å². The van der Waals surface area contributed by atoms with E-state index in [0.717, 1.165) is 25.4 Å². The minimum Gasteiger partial charge on any atom is -0.466 e. The summed E-state index contributed by atoms with van der Waals surface area (Å²) in [5.41, 5.74) is 0. The summed E-state index contributed by atoms with van der Waals surface area (Å²) < 4.78 is 5.20. The maximum absolute atomic E-state index is 11.9. The molecule has 0 amide bonds. The van der Waals surface area contributed by atoms with Gasteiger partial charge in [-0.25, -0.2) is 0 Å². The SMILES string of the molecule is CCOC(=O)[C@H]1CCNC[C@H]1C1CCCC1. The Morgan fingerprint density at radius 2 is 2.06 bits per heavy atom. The van der Waals surface area contributed by atoms with E-state index in [4.69, 9.17) is 4.74 Å². The summed E-state index contributed by atoms with van der Waals surface area (Å²) in [6.07, 6.45) is 6.26. The van der Waals surface area contributed by atoms with Crippen LogP contribution >= 0.6 is 0 Å². The van der Waals surface area contributed by atoms with Crippen LogP contribution in [-0.4, -0.2) is 25.7 Å². The summed E-state index contributed by atoms with van der Waals surface area (Å²) in [6.45, 7) is 4.38. The van der Waals surface area contributed by atoms with Crippen molar-refractivity contribution in [2.75, 3.05) is 19.7 Å². The van der Waals surface area contributed by atoms with Gasteiger partial charge in [-0.05, 0) is 38.3 Å². The maximum atomic E-state index is 11.9. The highest BCUT2D eigenvalue weighted by atomic mass is 16.5. The van der Waals surface area contributed by atoms with Gasteiger partial charge >= 0.3 is 5.97 Å². The third-order valence-electron chi connectivity index (χ3n) is 4.12. The molecule has 1 aliphatic carbocycles. The highest BCUT2D eigenvalue weighted by Crippen LogP contribution is 2.37. The van der Waals surface area contributed by atoms with Gasteiger partial charge in [0, 0.05) is 0 Å². The zero-order chi connectivity index (χ0) is 11.4. The standard InChI is InChI=1S/C13H23NO2/c1-2-16-13(15)11-7-8-14-9-12(11)10-5-3-4-6-10/h10-12,14H,2-9H2,1H3/t11-,12-/m0/s1. The third-order valence-corrected chi connectivity index (χ3v) is 4.12. The minimum absolute atomic E-state index is 0.0425. The average Bonchev–Trinajstić information content (AvgIpc) is 2.83. The van der Waals surface area contributed by atoms with Gasteiger partial charge in [0.1, 0.15) is 0 Å². The Morgan fingerprint density at radius 3 is 2.75 bits per heavy atom. The first kappa shape index (κ1) is 11.9. The zero-order valence-electron chi connectivity index (χ0n) is 10.2. The molecule has 0 aromatic carbocycles. The predicted molar refractivity (Wildman–Crippen MR) is 63.1 cm³/mol. The molecule has 92 valence electrons. The Bertz CT molecular complexity index is 236. The molecule has 2 fully saturated rings. The van der Waals surface area contributed by atoms with Gasteiger partial charge in [-0.2, -0.15) is 0 Å². The van der Waals surface area contributed by atoms with E-state index in [1.807, 2.05) is 6.92 Å². The van der Waals surface area contributed by atoms with Crippen molar-refractivity contribution in [1.82, 2.24) is 5.32 Å². The molecule has 16 heavy (non-hydrogen) atoms. The van der Waals surface area contributed by atoms with Gasteiger partial charge in [-0.15, -0.1) is 0 Å². The third kappa shape index (κ3) is 2.57. The average molecular weight is 225 g/mol. The molecule has 0 bridgehead atoms. The van der Waals surface area contributed by atoms with Gasteiger partial charge in [0.15, 0.2) is 0 Å². The Balaban J connectivity index is 1.98. The summed E-state index contributed by atoms with van der Waals surface area (Å²) in [5, 5.41) is 3.43. The van der Waals surface area contributed by atoms with Crippen molar-refractivity contribution in [2.24, 2.45) is 17.8 Å². The first-order valence-corrected chi connectivity index (χ1v) is 6.70. The Kier molecular flexibility index (Phi) is 4.22. The van der Waals surface area contributed by atoms with Gasteiger partial charge in [-0.3, -0.25) is 4.79 Å². The lowest BCUT2D eigenvalue weighted by Crippen LogP contribution is -2.43. The fraction of sp³-hybridized carbons (Fsp3) is 0.923. The van der Waals surface area contributed by atoms with Crippen LogP contribution in [0.4, 0.5) is 0 Å². The molecule has 0 aromatic heterocycles. The molecule has 2 atom stereocenters. The number of hydrogen-bond donors (Lipinski definition) is 1. The molecule has 0 aromatic rings. The van der Waals surface area contributed by atoms with Crippen molar-refractivity contribution in [1.29, 1.82) is 0 Å². The van der Waals surface area contributed by atoms with Crippen LogP contribution in [0.2, 0.25) is 0 Å². The van der Waals surface area contributed by atoms with E-state index in [-0.39, 0.29) is 11.9 Å². The minimum atomic E-state index is 0.0425. The zero-order valence-corrected chi connectivity index (χ0v) is 10.2. The molecule has 2 rings (SSSR count). The van der Waals surface area contributed by atoms with Gasteiger partial charge in [0.05, 0.1) is 12.5 Å². The van der Waals surface area contributed by atoms with E-state index in [1.165, 1.54) is 25.7 Å². The van der Waals surface area contributed by atoms with Crippen molar-refractivity contribution >= 4 is 5.97 Å². The summed E-state index contributed by atoms with van der Waals surface area (Å²) in [6, 6.07) is 0. The molecular formula is C13H23NO2. The molecule has 2 aliphatic rings. The molecule has 3 nitrogen and oxygen atoms in total. The molecule has 0 radical (unpaired) electrons. The smallest absolute Gasteiger partial charge is 0.309 e. The van der Waals surface area contributed by atoms with E-state index in [1.54, 1.807) is 0 Å². The van der Waals surface area contributed by atoms with Gasteiger partial charge in [-0.1, -0.05) is 25.7 Å². The topological polar surface area (TPSA) is 38.3 Å². The van der Waals surface area contributed by atoms with Crippen LogP contribution in [0, 0.1) is 17.8 Å². The number of esters is 1. The number of carbonyl (C=O) groups excluding carboxylic acids is 1. The van der Waals surface area contributed by atoms with Crippen molar-refractivity contribution in [3.05, 3.63) is 0 Å². The number of piperidine rings is 1. The molecule has 3 heteroatoms. The number of rotatable bonds is 3. The molecule has 1 saturated carbocycles. The monoisotopic (exact) mass is 225 g/mol. The number of hydrogen-bond acceptors (Lipinski definition) is 3. The Labute approximate surface area is 97.9 Å². The van der Waals surface area contributed by atoms with Crippen LogP contribution < -0.4 is 5.32 Å². The normalized spacial score (nSPS) is 31.6. The fourth-order valence-electron chi connectivity index (χ4n) is 3.31. The van der Waals surface area contributed by atoms with E-state index < -0.39 is 0 Å². The first-order chi connectivity index (χ1) is 7.83. The summed E-state index contributed by atoms with van der Waals surface area (Å²) in [4.78, 5) is 11.9. The lowest BCUT2D eigenvalue weighted by molar-refractivity contribution is -0.151. The largest absolute Gasteiger partial charge is 0.466 e. The quantitative estimate of drug-likeness (QED) is 0.746. The predicted octanol–water partition coefficient (Wildman–Crippen LogP) is 1.97. The van der Waals surface area contributed by atoms with Crippen molar-refractivity contribution in [2.45, 2.75) is 39.0 Å². The second kappa shape index (κ2) is 5.67. The number of carbonyl (C=O) groups is 1. The molecule has 0 spiro atoms. The molecule has 1 heterocycles. The highest BCUT2D eigenvalue weighted by molar-refractivity contribution is 5.73. The second-order valence-electron chi connectivity index (χ2n) is 5.06. The van der Waals surface area contributed by atoms with Crippen molar-refractivity contribution in [3.63, 3.8) is 0 Å². The summed E-state index contributed by atoms with van der Waals surface area (Å²) >= 11 is 0. The van der Waals surface area contributed by atoms with Gasteiger partial charge < -0.3 is 10.1 Å². The summed E-state index contributed by atoms with van der Waals surface area (Å²) in [7, 11) is 0. The molecule has 1 saturated heterocycles. The van der Waals surface area contributed by atoms with Crippen LogP contribution in [0.25, 0.3) is 0 Å². The lowest BCUT2D eigenvalue weighted by Gasteiger charge is -2.34. The Morgan fingerprint density at radius 1 is 1.31 bits per heavy atom. The summed E-state index contributed by atoms with van der Waals surface area (Å²) in [5.74, 6) is 1.47. The van der Waals surface area contributed by atoms with E-state index in [0.29, 0.717) is 12.5 Å². The maximum Gasteiger partial charge on any atom is 0.309 e. The van der Waals surface area contributed by atoms with Gasteiger partial charge in [0.2, 0.25) is 0 Å². The molecule has 1 N–H and O–H groups in total. The first-order valence-electron chi connectivity index (χ1n) is 6.70. The molecular weight excluding hydrogens is 202 g/mol. The van der Waals surface area contributed by atoms with Crippen molar-refractivity contribution < 1.29 is 9.53 Å². The second-order valence-corrected chi connectivity index (χ2v) is 5.06. The molecule has 1 aliphatic heterocycles.